The van der Waals surface area contributed by atoms with Gasteiger partial charge in [-0.1, -0.05) is 13.3 Å². The minimum atomic E-state index is 0. The molecule has 0 aliphatic heterocycles. The molecule has 0 atom stereocenters. The highest BCUT2D eigenvalue weighted by molar-refractivity contribution is 9.10. The summed E-state index contributed by atoms with van der Waals surface area (Å²) >= 11 is 3.56. The van der Waals surface area contributed by atoms with Crippen LogP contribution in [0.15, 0.2) is 16.6 Å². The second kappa shape index (κ2) is 10.4. The molecule has 0 aliphatic rings. The topological polar surface area (TPSA) is 30.5 Å². The molecule has 19 heavy (non-hydrogen) atoms. The van der Waals surface area contributed by atoms with Crippen molar-refractivity contribution in [1.29, 1.82) is 0 Å². The molecule has 0 amide bonds. The Morgan fingerprint density at radius 2 is 1.95 bits per heavy atom. The molecular formula is C14H23BrClNO2. The van der Waals surface area contributed by atoms with Crippen molar-refractivity contribution in [3.05, 3.63) is 22.2 Å². The van der Waals surface area contributed by atoms with Gasteiger partial charge in [0.05, 0.1) is 17.7 Å². The predicted octanol–water partition coefficient (Wildman–Crippen LogP) is 4.17. The van der Waals surface area contributed by atoms with Crippen LogP contribution >= 0.6 is 28.3 Å². The fraction of sp³-hybridized carbons (Fsp3) is 0.571. The van der Waals surface area contributed by atoms with Gasteiger partial charge in [0.25, 0.3) is 0 Å². The molecule has 0 saturated heterocycles. The van der Waals surface area contributed by atoms with Crippen LogP contribution in [0.3, 0.4) is 0 Å². The number of benzene rings is 1. The molecule has 0 fully saturated rings. The second-order valence-corrected chi connectivity index (χ2v) is 4.92. The zero-order chi connectivity index (χ0) is 13.4. The van der Waals surface area contributed by atoms with Crippen LogP contribution in [0.2, 0.25) is 0 Å². The Labute approximate surface area is 130 Å². The third-order valence-electron chi connectivity index (χ3n) is 2.49. The molecule has 1 aromatic rings. The standard InChI is InChI=1S/C14H22BrNO2.ClH/c1-4-6-7-18-14-12(15)8-11(10-16-3)9-13(14)17-5-2;/h8-9,16H,4-7,10H2,1-3H3;1H. The van der Waals surface area contributed by atoms with Crippen molar-refractivity contribution >= 4 is 28.3 Å². The molecular weight excluding hydrogens is 330 g/mol. The summed E-state index contributed by atoms with van der Waals surface area (Å²) in [5, 5.41) is 3.14. The Hall–Kier alpha value is -0.450. The van der Waals surface area contributed by atoms with Crippen LogP contribution < -0.4 is 14.8 Å². The molecule has 3 nitrogen and oxygen atoms in total. The monoisotopic (exact) mass is 351 g/mol. The first-order valence-electron chi connectivity index (χ1n) is 6.45. The summed E-state index contributed by atoms with van der Waals surface area (Å²) in [7, 11) is 1.93. The van der Waals surface area contributed by atoms with Crippen molar-refractivity contribution in [2.75, 3.05) is 20.3 Å². The summed E-state index contributed by atoms with van der Waals surface area (Å²) in [6.45, 7) is 6.31. The van der Waals surface area contributed by atoms with Crippen LogP contribution in [0, 0.1) is 0 Å². The summed E-state index contributed by atoms with van der Waals surface area (Å²) in [5.74, 6) is 1.62. The fourth-order valence-corrected chi connectivity index (χ4v) is 2.25. The summed E-state index contributed by atoms with van der Waals surface area (Å²) in [5.41, 5.74) is 1.18. The SMILES string of the molecule is CCCCOc1c(Br)cc(CNC)cc1OCC.Cl. The molecule has 0 aromatic heterocycles. The molecule has 1 N–H and O–H groups in total. The first-order valence-corrected chi connectivity index (χ1v) is 7.24. The maximum Gasteiger partial charge on any atom is 0.175 e. The maximum absolute atomic E-state index is 5.80. The molecule has 0 unspecified atom stereocenters. The van der Waals surface area contributed by atoms with Gasteiger partial charge in [0.15, 0.2) is 11.5 Å². The van der Waals surface area contributed by atoms with Gasteiger partial charge in [0, 0.05) is 6.54 Å². The molecule has 0 bridgehead atoms. The van der Waals surface area contributed by atoms with E-state index in [1.807, 2.05) is 20.0 Å². The number of ether oxygens (including phenoxy) is 2. The summed E-state index contributed by atoms with van der Waals surface area (Å²) in [6.07, 6.45) is 2.18. The highest BCUT2D eigenvalue weighted by atomic mass is 79.9. The molecule has 5 heteroatoms. The number of nitrogens with one attached hydrogen (secondary N) is 1. The normalized spacial score (nSPS) is 9.89. The molecule has 0 aliphatic carbocycles. The molecule has 0 saturated carbocycles. The van der Waals surface area contributed by atoms with Crippen molar-refractivity contribution < 1.29 is 9.47 Å². The van der Waals surface area contributed by atoms with Crippen LogP contribution in [0.1, 0.15) is 32.3 Å². The lowest BCUT2D eigenvalue weighted by Gasteiger charge is -2.15. The Morgan fingerprint density at radius 1 is 1.21 bits per heavy atom. The third-order valence-corrected chi connectivity index (χ3v) is 3.08. The maximum atomic E-state index is 5.80. The minimum absolute atomic E-state index is 0. The number of hydrogen-bond acceptors (Lipinski definition) is 3. The van der Waals surface area contributed by atoms with E-state index in [0.717, 1.165) is 42.0 Å². The van der Waals surface area contributed by atoms with Crippen LogP contribution in [0.5, 0.6) is 11.5 Å². The van der Waals surface area contributed by atoms with Crippen molar-refractivity contribution in [3.63, 3.8) is 0 Å². The van der Waals surface area contributed by atoms with E-state index in [4.69, 9.17) is 9.47 Å². The average molecular weight is 353 g/mol. The van der Waals surface area contributed by atoms with Gasteiger partial charge in [-0.2, -0.15) is 0 Å². The van der Waals surface area contributed by atoms with Gasteiger partial charge in [-0.05, 0) is 54.0 Å². The quantitative estimate of drug-likeness (QED) is 0.712. The Balaban J connectivity index is 0.00000324. The van der Waals surface area contributed by atoms with E-state index in [0.29, 0.717) is 6.61 Å². The van der Waals surface area contributed by atoms with Crippen molar-refractivity contribution in [3.8, 4) is 11.5 Å². The van der Waals surface area contributed by atoms with Gasteiger partial charge >= 0.3 is 0 Å². The third kappa shape index (κ3) is 6.02. The lowest BCUT2D eigenvalue weighted by Crippen LogP contribution is -2.07. The zero-order valence-electron chi connectivity index (χ0n) is 11.8. The summed E-state index contributed by atoms with van der Waals surface area (Å²) in [6, 6.07) is 4.10. The van der Waals surface area contributed by atoms with Crippen LogP contribution in [0.4, 0.5) is 0 Å². The van der Waals surface area contributed by atoms with E-state index < -0.39 is 0 Å². The molecule has 0 radical (unpaired) electrons. The van der Waals surface area contributed by atoms with Gasteiger partial charge in [-0.25, -0.2) is 0 Å². The molecule has 1 rings (SSSR count). The first-order chi connectivity index (χ1) is 8.72. The van der Waals surface area contributed by atoms with Gasteiger partial charge in [0.2, 0.25) is 0 Å². The number of hydrogen-bond donors (Lipinski definition) is 1. The van der Waals surface area contributed by atoms with Gasteiger partial charge < -0.3 is 14.8 Å². The zero-order valence-corrected chi connectivity index (χ0v) is 14.2. The minimum Gasteiger partial charge on any atom is -0.490 e. The van der Waals surface area contributed by atoms with E-state index in [1.54, 1.807) is 0 Å². The van der Waals surface area contributed by atoms with Crippen molar-refractivity contribution in [1.82, 2.24) is 5.32 Å². The number of unbranched alkanes of at least 4 members (excludes halogenated alkanes) is 1. The van der Waals surface area contributed by atoms with Crippen LogP contribution in [0.25, 0.3) is 0 Å². The number of rotatable bonds is 8. The first kappa shape index (κ1) is 18.6. The van der Waals surface area contributed by atoms with Crippen LogP contribution in [-0.4, -0.2) is 20.3 Å². The van der Waals surface area contributed by atoms with Crippen LogP contribution in [-0.2, 0) is 6.54 Å². The van der Waals surface area contributed by atoms with Crippen molar-refractivity contribution in [2.45, 2.75) is 33.2 Å². The predicted molar refractivity (Wildman–Crippen MR) is 85.7 cm³/mol. The molecule has 110 valence electrons. The highest BCUT2D eigenvalue weighted by Crippen LogP contribution is 2.37. The summed E-state index contributed by atoms with van der Waals surface area (Å²) in [4.78, 5) is 0. The largest absolute Gasteiger partial charge is 0.490 e. The summed E-state index contributed by atoms with van der Waals surface area (Å²) < 4.78 is 12.4. The average Bonchev–Trinajstić information content (AvgIpc) is 2.33. The van der Waals surface area contributed by atoms with Crippen molar-refractivity contribution in [2.24, 2.45) is 0 Å². The second-order valence-electron chi connectivity index (χ2n) is 4.07. The van der Waals surface area contributed by atoms with E-state index in [2.05, 4.69) is 34.2 Å². The fourth-order valence-electron chi connectivity index (χ4n) is 1.65. The highest BCUT2D eigenvalue weighted by Gasteiger charge is 2.11. The molecule has 1 aromatic carbocycles. The smallest absolute Gasteiger partial charge is 0.175 e. The van der Waals surface area contributed by atoms with Gasteiger partial charge in [-0.3, -0.25) is 0 Å². The molecule has 0 heterocycles. The Morgan fingerprint density at radius 3 is 2.53 bits per heavy atom. The lowest BCUT2D eigenvalue weighted by molar-refractivity contribution is 0.271. The van der Waals surface area contributed by atoms with Gasteiger partial charge in [-0.15, -0.1) is 12.4 Å². The van der Waals surface area contributed by atoms with Gasteiger partial charge in [0.1, 0.15) is 0 Å². The lowest BCUT2D eigenvalue weighted by atomic mass is 10.2. The Kier molecular flexibility index (Phi) is 10.1. The van der Waals surface area contributed by atoms with E-state index in [-0.39, 0.29) is 12.4 Å². The van der Waals surface area contributed by atoms with E-state index in [1.165, 1.54) is 5.56 Å². The van der Waals surface area contributed by atoms with E-state index in [9.17, 15) is 0 Å². The Bertz CT molecular complexity index is 375. The van der Waals surface area contributed by atoms with E-state index >= 15 is 0 Å². The molecule has 0 spiro atoms. The number of halogens is 2.